The number of anilines is 2. The molecule has 0 spiro atoms. The van der Waals surface area contributed by atoms with Crippen LogP contribution in [0.2, 0.25) is 0 Å². The number of ketones is 2. The zero-order valence-corrected chi connectivity index (χ0v) is 37.2. The van der Waals surface area contributed by atoms with Gasteiger partial charge in [-0.3, -0.25) is 9.59 Å². The highest BCUT2D eigenvalue weighted by molar-refractivity contribution is 5.94. The lowest BCUT2D eigenvalue weighted by atomic mass is 10.1. The minimum absolute atomic E-state index is 0.103. The minimum Gasteiger partial charge on any atom is -0.490 e. The van der Waals surface area contributed by atoms with E-state index >= 15 is 0 Å². The first-order valence-corrected chi connectivity index (χ1v) is 20.7. The Labute approximate surface area is 375 Å². The monoisotopic (exact) mass is 870 g/mol. The van der Waals surface area contributed by atoms with Gasteiger partial charge in [0, 0.05) is 48.5 Å². The number of Topliss-reactive ketones (excluding diaryl/α,β-unsaturated/α-hetero) is 2. The number of allylic oxidation sites excluding steroid dienone is 2. The van der Waals surface area contributed by atoms with Crippen molar-refractivity contribution < 1.29 is 38.1 Å². The van der Waals surface area contributed by atoms with E-state index in [1.165, 1.54) is 0 Å². The smallest absolute Gasteiger partial charge is 0.333 e. The molecule has 0 aromatic heterocycles. The lowest BCUT2D eigenvalue weighted by Gasteiger charge is -2.07. The summed E-state index contributed by atoms with van der Waals surface area (Å²) >= 11 is 0. The van der Waals surface area contributed by atoms with Gasteiger partial charge >= 0.3 is 11.9 Å². The van der Waals surface area contributed by atoms with Crippen molar-refractivity contribution in [1.29, 1.82) is 0 Å². The molecule has 0 radical (unpaired) electrons. The summed E-state index contributed by atoms with van der Waals surface area (Å²) in [5.74, 6) is 0.649. The van der Waals surface area contributed by atoms with E-state index in [-0.39, 0.29) is 38.0 Å². The fourth-order valence-electron chi connectivity index (χ4n) is 4.97. The van der Waals surface area contributed by atoms with Gasteiger partial charge in [-0.1, -0.05) is 26.3 Å². The third kappa shape index (κ3) is 20.9. The van der Waals surface area contributed by atoms with Gasteiger partial charge in [0.05, 0.1) is 22.7 Å². The van der Waals surface area contributed by atoms with Crippen LogP contribution in [-0.2, 0) is 28.7 Å². The van der Waals surface area contributed by atoms with Crippen LogP contribution in [0.25, 0.3) is 0 Å². The van der Waals surface area contributed by atoms with Gasteiger partial charge in [0.25, 0.3) is 0 Å². The van der Waals surface area contributed by atoms with Gasteiger partial charge in [-0.15, -0.1) is 0 Å². The maximum atomic E-state index is 11.5. The van der Waals surface area contributed by atoms with E-state index < -0.39 is 11.9 Å². The highest BCUT2D eigenvalue weighted by Crippen LogP contribution is 2.24. The summed E-state index contributed by atoms with van der Waals surface area (Å²) in [6, 6.07) is 29.5. The molecule has 2 N–H and O–H groups in total. The first-order valence-electron chi connectivity index (χ1n) is 20.7. The van der Waals surface area contributed by atoms with Crippen molar-refractivity contribution in [2.75, 3.05) is 50.2 Å². The second-order valence-electron chi connectivity index (χ2n) is 14.5. The van der Waals surface area contributed by atoms with Gasteiger partial charge in [-0.25, -0.2) is 9.59 Å². The Balaban J connectivity index is 0.000000340. The summed E-state index contributed by atoms with van der Waals surface area (Å²) in [5, 5.41) is 23.5. The minimum atomic E-state index is -0.428. The number of rotatable bonds is 26. The molecule has 0 heterocycles. The molecule has 336 valence electrons. The van der Waals surface area contributed by atoms with Gasteiger partial charge in [0.15, 0.2) is 11.6 Å². The van der Waals surface area contributed by atoms with Crippen molar-refractivity contribution in [2.24, 2.45) is 20.5 Å². The number of hydrogen-bond acceptors (Lipinski definition) is 14. The lowest BCUT2D eigenvalue weighted by molar-refractivity contribution is -0.140. The van der Waals surface area contributed by atoms with Crippen LogP contribution in [0, 0.1) is 0 Å². The molecule has 14 nitrogen and oxygen atoms in total. The summed E-state index contributed by atoms with van der Waals surface area (Å²) in [6.07, 6.45) is 2.51. The molecule has 0 aliphatic rings. The van der Waals surface area contributed by atoms with Crippen LogP contribution in [0.5, 0.6) is 11.5 Å². The molecule has 4 rings (SSSR count). The van der Waals surface area contributed by atoms with Crippen molar-refractivity contribution in [3.63, 3.8) is 0 Å². The molecule has 0 bridgehead atoms. The fraction of sp³-hybridized carbons (Fsp3) is 0.280. The molecular formula is C50H58N6O8. The summed E-state index contributed by atoms with van der Waals surface area (Å²) in [6.45, 7) is 23.3. The quantitative estimate of drug-likeness (QED) is 0.0267. The van der Waals surface area contributed by atoms with Crippen molar-refractivity contribution in [3.8, 4) is 11.5 Å². The van der Waals surface area contributed by atoms with E-state index in [2.05, 4.69) is 57.4 Å². The SMILES string of the molecule is C=C(C)C(=O)CCCNc1ccc(N=Nc2ccc(OCCOC(=O)C(=C)C)cc2)cc1.C=C(C)C(=O)CCCNc1ccc(N=Nc2ccc(OCCOC(=O)C(=C)C)cc2)cc1. The first-order chi connectivity index (χ1) is 30.7. The average molecular weight is 871 g/mol. The average Bonchev–Trinajstić information content (AvgIpc) is 3.29. The van der Waals surface area contributed by atoms with E-state index in [4.69, 9.17) is 18.9 Å². The molecule has 0 saturated carbocycles. The van der Waals surface area contributed by atoms with E-state index in [1.54, 1.807) is 76.2 Å². The van der Waals surface area contributed by atoms with Crippen molar-refractivity contribution in [1.82, 2.24) is 0 Å². The van der Waals surface area contributed by atoms with Gasteiger partial charge < -0.3 is 29.6 Å². The molecule has 0 unspecified atom stereocenters. The Morgan fingerprint density at radius 1 is 0.438 bits per heavy atom. The van der Waals surface area contributed by atoms with Crippen molar-refractivity contribution in [3.05, 3.63) is 146 Å². The van der Waals surface area contributed by atoms with Crippen LogP contribution in [-0.4, -0.2) is 63.0 Å². The summed E-state index contributed by atoms with van der Waals surface area (Å²) in [5.41, 5.74) is 6.68. The van der Waals surface area contributed by atoms with Crippen LogP contribution in [0.4, 0.5) is 34.1 Å². The Morgan fingerprint density at radius 2 is 0.734 bits per heavy atom. The Morgan fingerprint density at radius 3 is 1.02 bits per heavy atom. The summed E-state index contributed by atoms with van der Waals surface area (Å²) < 4.78 is 21.0. The molecule has 0 amide bonds. The topological polar surface area (TPSA) is 179 Å². The third-order valence-corrected chi connectivity index (χ3v) is 8.61. The molecule has 0 fully saturated rings. The Hall–Kier alpha value is -7.48. The lowest BCUT2D eigenvalue weighted by Crippen LogP contribution is -2.12. The standard InChI is InChI=1S/2C25H29N3O4/c2*1-18(2)24(29)6-5-15-26-20-7-9-21(10-8-20)27-28-22-11-13-23(14-12-22)31-16-17-32-25(30)19(3)4/h2*7-14,26H,1,3,5-6,15-17H2,2,4H3. The van der Waals surface area contributed by atoms with Crippen LogP contribution in [0.3, 0.4) is 0 Å². The molecular weight excluding hydrogens is 813 g/mol. The molecule has 0 aliphatic heterocycles. The van der Waals surface area contributed by atoms with Crippen molar-refractivity contribution >= 4 is 57.6 Å². The third-order valence-electron chi connectivity index (χ3n) is 8.61. The highest BCUT2D eigenvalue weighted by atomic mass is 16.6. The van der Waals surface area contributed by atoms with Crippen LogP contribution in [0.1, 0.15) is 53.4 Å². The summed E-state index contributed by atoms with van der Waals surface area (Å²) in [7, 11) is 0. The van der Waals surface area contributed by atoms with Gasteiger partial charge in [0.1, 0.15) is 37.9 Å². The predicted octanol–water partition coefficient (Wildman–Crippen LogP) is 11.9. The van der Waals surface area contributed by atoms with E-state index in [0.29, 0.717) is 71.1 Å². The Kier molecular flexibility index (Phi) is 22.4. The zero-order valence-electron chi connectivity index (χ0n) is 37.2. The number of azo groups is 2. The molecule has 64 heavy (non-hydrogen) atoms. The summed E-state index contributed by atoms with van der Waals surface area (Å²) in [4.78, 5) is 45.6. The largest absolute Gasteiger partial charge is 0.490 e. The molecule has 14 heteroatoms. The van der Waals surface area contributed by atoms with Crippen molar-refractivity contribution in [2.45, 2.75) is 53.4 Å². The number of esters is 2. The Bertz CT molecular complexity index is 1930. The van der Waals surface area contributed by atoms with E-state index in [0.717, 1.165) is 35.6 Å². The maximum absolute atomic E-state index is 11.5. The van der Waals surface area contributed by atoms with Gasteiger partial charge in [-0.05, 0) is 149 Å². The van der Waals surface area contributed by atoms with Crippen LogP contribution >= 0.6 is 0 Å². The van der Waals surface area contributed by atoms with Crippen LogP contribution in [0.15, 0.2) is 166 Å². The number of carbonyl (C=O) groups is 4. The second-order valence-corrected chi connectivity index (χ2v) is 14.5. The second kappa shape index (κ2) is 28.2. The van der Waals surface area contributed by atoms with E-state index in [9.17, 15) is 19.2 Å². The molecule has 0 aliphatic carbocycles. The number of carbonyl (C=O) groups excluding carboxylic acids is 4. The van der Waals surface area contributed by atoms with Gasteiger partial charge in [0.2, 0.25) is 0 Å². The number of nitrogens with zero attached hydrogens (tertiary/aromatic N) is 4. The molecule has 0 saturated heterocycles. The number of ether oxygens (including phenoxy) is 4. The zero-order chi connectivity index (χ0) is 46.7. The maximum Gasteiger partial charge on any atom is 0.333 e. The number of hydrogen-bond donors (Lipinski definition) is 2. The number of benzene rings is 4. The predicted molar refractivity (Wildman–Crippen MR) is 252 cm³/mol. The fourth-order valence-corrected chi connectivity index (χ4v) is 4.97. The van der Waals surface area contributed by atoms with E-state index in [1.807, 2.05) is 48.5 Å². The molecule has 0 atom stereocenters. The van der Waals surface area contributed by atoms with Gasteiger partial charge in [-0.2, -0.15) is 20.5 Å². The normalized spacial score (nSPS) is 10.6. The first kappa shape index (κ1) is 50.9. The molecule has 4 aromatic rings. The van der Waals surface area contributed by atoms with Crippen LogP contribution < -0.4 is 20.1 Å². The molecule has 4 aromatic carbocycles. The number of nitrogens with one attached hydrogen (secondary N) is 2. The highest BCUT2D eigenvalue weighted by Gasteiger charge is 2.06.